The van der Waals surface area contributed by atoms with E-state index >= 15 is 0 Å². The molecule has 90 valence electrons. The van der Waals surface area contributed by atoms with Crippen molar-refractivity contribution in [1.29, 1.82) is 0 Å². The first-order chi connectivity index (χ1) is 7.18. The van der Waals surface area contributed by atoms with Gasteiger partial charge < -0.3 is 5.73 Å². The monoisotopic (exact) mass is 235 g/mol. The summed E-state index contributed by atoms with van der Waals surface area (Å²) in [4.78, 5) is 0. The molecule has 1 nitrogen and oxygen atoms in total. The zero-order valence-corrected chi connectivity index (χ0v) is 9.03. The summed E-state index contributed by atoms with van der Waals surface area (Å²) in [5.41, 5.74) is 3.65. The highest BCUT2D eigenvalue weighted by atomic mass is 19.4. The van der Waals surface area contributed by atoms with E-state index in [1.807, 2.05) is 0 Å². The normalized spacial score (nSPS) is 12.9. The summed E-state index contributed by atoms with van der Waals surface area (Å²) in [7, 11) is 0. The van der Waals surface area contributed by atoms with Crippen molar-refractivity contribution in [3.05, 3.63) is 35.1 Å². The number of halogens is 4. The van der Waals surface area contributed by atoms with Crippen LogP contribution in [0.15, 0.2) is 18.2 Å². The van der Waals surface area contributed by atoms with Gasteiger partial charge >= 0.3 is 6.18 Å². The molecular weight excluding hydrogens is 222 g/mol. The highest BCUT2D eigenvalue weighted by molar-refractivity contribution is 5.36. The van der Waals surface area contributed by atoms with E-state index in [0.29, 0.717) is 6.07 Å². The van der Waals surface area contributed by atoms with Gasteiger partial charge in [0.1, 0.15) is 5.82 Å². The summed E-state index contributed by atoms with van der Waals surface area (Å²) in [6.07, 6.45) is -4.57. The van der Waals surface area contributed by atoms with E-state index < -0.39 is 23.0 Å². The lowest BCUT2D eigenvalue weighted by molar-refractivity contribution is -0.138. The number of rotatable bonds is 2. The molecule has 0 atom stereocenters. The van der Waals surface area contributed by atoms with Gasteiger partial charge in [-0.2, -0.15) is 13.2 Å². The van der Waals surface area contributed by atoms with Crippen molar-refractivity contribution in [1.82, 2.24) is 0 Å². The number of hydrogen-bond donors (Lipinski definition) is 1. The number of benzene rings is 1. The van der Waals surface area contributed by atoms with Crippen LogP contribution in [0, 0.1) is 5.82 Å². The van der Waals surface area contributed by atoms with Crippen LogP contribution < -0.4 is 5.73 Å². The predicted octanol–water partition coefficient (Wildman–Crippen LogP) is 3.08. The van der Waals surface area contributed by atoms with E-state index in [1.54, 1.807) is 13.8 Å². The smallest absolute Gasteiger partial charge is 0.330 e. The van der Waals surface area contributed by atoms with Crippen molar-refractivity contribution in [2.45, 2.75) is 25.4 Å². The second-order valence-corrected chi connectivity index (χ2v) is 4.28. The third-order valence-electron chi connectivity index (χ3n) is 2.53. The van der Waals surface area contributed by atoms with Gasteiger partial charge in [0.15, 0.2) is 0 Å². The van der Waals surface area contributed by atoms with Gasteiger partial charge in [0.25, 0.3) is 0 Å². The quantitative estimate of drug-likeness (QED) is 0.783. The lowest BCUT2D eigenvalue weighted by atomic mass is 9.81. The predicted molar refractivity (Wildman–Crippen MR) is 53.5 cm³/mol. The lowest BCUT2D eigenvalue weighted by Gasteiger charge is -2.26. The highest BCUT2D eigenvalue weighted by Crippen LogP contribution is 2.37. The fourth-order valence-corrected chi connectivity index (χ4v) is 1.45. The van der Waals surface area contributed by atoms with E-state index in [9.17, 15) is 17.6 Å². The standard InChI is InChI=1S/C11H13F4N/c1-10(2,6-16)8-4-3-7(12)5-9(8)11(13,14)15/h3-5H,6,16H2,1-2H3. The Balaban J connectivity index is 3.40. The maximum absolute atomic E-state index is 12.8. The summed E-state index contributed by atoms with van der Waals surface area (Å²) in [5.74, 6) is -0.899. The van der Waals surface area contributed by atoms with Crippen LogP contribution in [0.5, 0.6) is 0 Å². The molecule has 0 aliphatic carbocycles. The van der Waals surface area contributed by atoms with Crippen LogP contribution in [0.25, 0.3) is 0 Å². The SMILES string of the molecule is CC(C)(CN)c1ccc(F)cc1C(F)(F)F. The van der Waals surface area contributed by atoms with E-state index in [0.717, 1.165) is 12.1 Å². The second-order valence-electron chi connectivity index (χ2n) is 4.28. The number of hydrogen-bond acceptors (Lipinski definition) is 1. The largest absolute Gasteiger partial charge is 0.416 e. The summed E-state index contributed by atoms with van der Waals surface area (Å²) in [6, 6.07) is 2.67. The zero-order chi connectivity index (χ0) is 12.6. The first-order valence-electron chi connectivity index (χ1n) is 4.76. The zero-order valence-electron chi connectivity index (χ0n) is 9.03. The van der Waals surface area contributed by atoms with Crippen LogP contribution in [0.2, 0.25) is 0 Å². The Bertz CT molecular complexity index is 382. The van der Waals surface area contributed by atoms with E-state index in [1.165, 1.54) is 0 Å². The summed E-state index contributed by atoms with van der Waals surface area (Å²) in [5, 5.41) is 0. The molecule has 0 spiro atoms. The molecule has 0 bridgehead atoms. The molecule has 0 fully saturated rings. The van der Waals surface area contributed by atoms with Gasteiger partial charge in [0, 0.05) is 12.0 Å². The van der Waals surface area contributed by atoms with Crippen LogP contribution in [-0.4, -0.2) is 6.54 Å². The molecular formula is C11H13F4N. The average Bonchev–Trinajstić information content (AvgIpc) is 2.16. The van der Waals surface area contributed by atoms with E-state index in [2.05, 4.69) is 0 Å². The molecule has 0 aliphatic heterocycles. The Morgan fingerprint density at radius 3 is 2.12 bits per heavy atom. The Morgan fingerprint density at radius 1 is 1.12 bits per heavy atom. The van der Waals surface area contributed by atoms with Crippen molar-refractivity contribution in [2.24, 2.45) is 5.73 Å². The maximum Gasteiger partial charge on any atom is 0.416 e. The molecule has 0 amide bonds. The Morgan fingerprint density at radius 2 is 1.69 bits per heavy atom. The van der Waals surface area contributed by atoms with Crippen LogP contribution in [0.3, 0.4) is 0 Å². The molecule has 0 aliphatic rings. The second kappa shape index (κ2) is 4.05. The molecule has 0 saturated carbocycles. The first-order valence-corrected chi connectivity index (χ1v) is 4.76. The highest BCUT2D eigenvalue weighted by Gasteiger charge is 2.37. The Hall–Kier alpha value is -1.10. The van der Waals surface area contributed by atoms with Crippen molar-refractivity contribution < 1.29 is 17.6 Å². The maximum atomic E-state index is 12.8. The molecule has 1 rings (SSSR count). The fraction of sp³-hybridized carbons (Fsp3) is 0.455. The topological polar surface area (TPSA) is 26.0 Å². The lowest BCUT2D eigenvalue weighted by Crippen LogP contribution is -2.31. The molecule has 16 heavy (non-hydrogen) atoms. The fourth-order valence-electron chi connectivity index (χ4n) is 1.45. The molecule has 1 aromatic carbocycles. The number of nitrogens with two attached hydrogens (primary N) is 1. The van der Waals surface area contributed by atoms with Crippen molar-refractivity contribution in [3.8, 4) is 0 Å². The molecule has 0 aromatic heterocycles. The molecule has 2 N–H and O–H groups in total. The van der Waals surface area contributed by atoms with Crippen molar-refractivity contribution >= 4 is 0 Å². The minimum atomic E-state index is -4.57. The van der Waals surface area contributed by atoms with Gasteiger partial charge in [-0.3, -0.25) is 0 Å². The summed E-state index contributed by atoms with van der Waals surface area (Å²) < 4.78 is 50.9. The van der Waals surface area contributed by atoms with Crippen LogP contribution >= 0.6 is 0 Å². The van der Waals surface area contributed by atoms with Crippen LogP contribution in [-0.2, 0) is 11.6 Å². The number of alkyl halides is 3. The Labute approximate surface area is 91.3 Å². The van der Waals surface area contributed by atoms with Crippen molar-refractivity contribution in [3.63, 3.8) is 0 Å². The molecule has 0 saturated heterocycles. The van der Waals surface area contributed by atoms with Gasteiger partial charge in [-0.25, -0.2) is 4.39 Å². The van der Waals surface area contributed by atoms with Crippen LogP contribution in [0.4, 0.5) is 17.6 Å². The summed E-state index contributed by atoms with van der Waals surface area (Å²) >= 11 is 0. The van der Waals surface area contributed by atoms with Crippen molar-refractivity contribution in [2.75, 3.05) is 6.54 Å². The van der Waals surface area contributed by atoms with Gasteiger partial charge in [0.2, 0.25) is 0 Å². The van der Waals surface area contributed by atoms with Gasteiger partial charge in [-0.1, -0.05) is 19.9 Å². The minimum Gasteiger partial charge on any atom is -0.330 e. The van der Waals surface area contributed by atoms with E-state index in [-0.39, 0.29) is 12.1 Å². The van der Waals surface area contributed by atoms with Gasteiger partial charge in [-0.05, 0) is 17.7 Å². The molecule has 0 heterocycles. The van der Waals surface area contributed by atoms with Gasteiger partial charge in [0.05, 0.1) is 5.56 Å². The third kappa shape index (κ3) is 2.52. The third-order valence-corrected chi connectivity index (χ3v) is 2.53. The first kappa shape index (κ1) is 13.0. The molecule has 0 unspecified atom stereocenters. The Kier molecular flexibility index (Phi) is 3.28. The minimum absolute atomic E-state index is 0.0175. The van der Waals surface area contributed by atoms with Gasteiger partial charge in [-0.15, -0.1) is 0 Å². The molecule has 5 heteroatoms. The van der Waals surface area contributed by atoms with E-state index in [4.69, 9.17) is 5.73 Å². The molecule has 0 radical (unpaired) electrons. The molecule has 1 aromatic rings. The average molecular weight is 235 g/mol. The summed E-state index contributed by atoms with van der Waals surface area (Å²) in [6.45, 7) is 3.24. The van der Waals surface area contributed by atoms with Crippen LogP contribution in [0.1, 0.15) is 25.0 Å².